The molecule has 0 bridgehead atoms. The first-order valence-corrected chi connectivity index (χ1v) is 12.5. The fraction of sp³-hybridized carbons (Fsp3) is 0.636. The Morgan fingerprint density at radius 1 is 1.23 bits per heavy atom. The zero-order valence-electron chi connectivity index (χ0n) is 12.2. The molecule has 123 valence electrons. The van der Waals surface area contributed by atoms with Crippen molar-refractivity contribution in [1.82, 2.24) is 10.6 Å². The number of rotatable bonds is 9. The Labute approximate surface area is 149 Å². The third kappa shape index (κ3) is 11.7. The van der Waals surface area contributed by atoms with Gasteiger partial charge in [-0.2, -0.15) is 12.6 Å². The number of carbonyl (C=O) groups excluding carboxylic acids is 2. The number of carboxylic acids is 2. The molecule has 0 aliphatic heterocycles. The summed E-state index contributed by atoms with van der Waals surface area (Å²) in [5.41, 5.74) is 5.23. The van der Waals surface area contributed by atoms with E-state index in [9.17, 15) is 19.2 Å². The van der Waals surface area contributed by atoms with Gasteiger partial charge in [-0.05, 0) is 6.42 Å². The van der Waals surface area contributed by atoms with Crippen molar-refractivity contribution in [2.45, 2.75) is 29.4 Å². The average Bonchev–Trinajstić information content (AvgIpc) is 2.49. The third-order valence-electron chi connectivity index (χ3n) is 2.25. The Morgan fingerprint density at radius 3 is 2.18 bits per heavy atom. The molecule has 11 heteroatoms. The molecule has 0 aromatic carbocycles. The number of thiol groups is 1. The van der Waals surface area contributed by atoms with Crippen LogP contribution in [-0.2, 0) is 45.3 Å². The second-order valence-corrected chi connectivity index (χ2v) is 4.26. The second-order valence-electron chi connectivity index (χ2n) is 3.90. The van der Waals surface area contributed by atoms with Crippen molar-refractivity contribution in [3.05, 3.63) is 0 Å². The molecule has 6 N–H and O–H groups in total. The van der Waals surface area contributed by atoms with Crippen LogP contribution in [0.25, 0.3) is 0 Å². The minimum absolute atomic E-state index is 0.0256. The van der Waals surface area contributed by atoms with Crippen LogP contribution in [0.1, 0.15) is 12.8 Å². The molecule has 9 nitrogen and oxygen atoms in total. The molecule has 0 spiro atoms. The van der Waals surface area contributed by atoms with Crippen LogP contribution in [0.15, 0.2) is 0 Å². The van der Waals surface area contributed by atoms with E-state index in [4.69, 9.17) is 15.9 Å². The Morgan fingerprint density at radius 2 is 1.77 bits per heavy atom. The van der Waals surface area contributed by atoms with E-state index in [0.717, 1.165) is 26.1 Å². The monoisotopic (exact) mass is 524 g/mol. The summed E-state index contributed by atoms with van der Waals surface area (Å²) >= 11 is 4.90. The van der Waals surface area contributed by atoms with Gasteiger partial charge in [-0.15, -0.1) is 0 Å². The van der Waals surface area contributed by atoms with Gasteiger partial charge < -0.3 is 26.6 Å². The Hall–Kier alpha value is -0.875. The minimum atomic E-state index is -1.22. The van der Waals surface area contributed by atoms with Crippen LogP contribution in [0.2, 0.25) is 4.43 Å². The van der Waals surface area contributed by atoms with Gasteiger partial charge in [0.25, 0.3) is 0 Å². The predicted molar refractivity (Wildman–Crippen MR) is 77.1 cm³/mol. The van der Waals surface area contributed by atoms with Crippen LogP contribution < -0.4 is 16.4 Å². The van der Waals surface area contributed by atoms with Gasteiger partial charge in [-0.3, -0.25) is 19.2 Å². The molecule has 22 heavy (non-hydrogen) atoms. The van der Waals surface area contributed by atoms with Crippen LogP contribution in [0.4, 0.5) is 0 Å². The molecule has 0 rings (SSSR count). The first-order valence-electron chi connectivity index (χ1n) is 6.36. The normalized spacial score (nSPS) is 12.2. The molecule has 0 aromatic rings. The number of nitrogens with one attached hydrogen (secondary N) is 2. The summed E-state index contributed by atoms with van der Waals surface area (Å²) in [5, 5.41) is 21.4. The molecule has 2 atom stereocenters. The number of aliphatic carboxylic acids is 2. The van der Waals surface area contributed by atoms with E-state index in [1.807, 2.05) is 0 Å². The van der Waals surface area contributed by atoms with Crippen molar-refractivity contribution >= 4 is 36.4 Å². The Bertz CT molecular complexity index is 396. The SMILES string of the molecule is N[C@@H](CCC(=O)N[C@@H](CS)C(=O)NCC(=O)O)C(=O)O.[CH3][Hg]. The quantitative estimate of drug-likeness (QED) is 0.157. The van der Waals surface area contributed by atoms with Crippen molar-refractivity contribution in [2.24, 2.45) is 5.73 Å². The molecule has 0 saturated carbocycles. The molecule has 2 amide bonds. The zero-order valence-corrected chi connectivity index (χ0v) is 18.6. The summed E-state index contributed by atoms with van der Waals surface area (Å²) in [6.07, 6.45) is -0.235. The topological polar surface area (TPSA) is 159 Å². The van der Waals surface area contributed by atoms with Gasteiger partial charge in [0.1, 0.15) is 18.6 Å². The summed E-state index contributed by atoms with van der Waals surface area (Å²) in [5.74, 6) is -3.70. The number of carbonyl (C=O) groups is 4. The summed E-state index contributed by atoms with van der Waals surface area (Å²) < 4.78 is 2.19. The van der Waals surface area contributed by atoms with Crippen molar-refractivity contribution in [3.63, 3.8) is 0 Å². The standard InChI is InChI=1S/C10H17N3O6S.CH3.Hg/c11-5(10(18)19)1-2-7(14)13-6(4-20)9(17)12-3-8(15)16;;/h5-6,20H,1-4,11H2,(H,12,17)(H,13,14)(H,15,16)(H,18,19);1H3;/t5-,6-;;/m0../s1. The van der Waals surface area contributed by atoms with Gasteiger partial charge in [-0.1, -0.05) is 0 Å². The van der Waals surface area contributed by atoms with Gasteiger partial charge in [0.2, 0.25) is 11.8 Å². The summed E-state index contributed by atoms with van der Waals surface area (Å²) in [6, 6.07) is -2.15. The van der Waals surface area contributed by atoms with Crippen LogP contribution in [0, 0.1) is 0 Å². The van der Waals surface area contributed by atoms with Crippen molar-refractivity contribution in [2.75, 3.05) is 12.3 Å². The molecule has 0 aliphatic rings. The van der Waals surface area contributed by atoms with Crippen molar-refractivity contribution in [3.8, 4) is 0 Å². The van der Waals surface area contributed by atoms with Crippen molar-refractivity contribution < 1.29 is 55.5 Å². The Kier molecular flexibility index (Phi) is 14.6. The van der Waals surface area contributed by atoms with Crippen LogP contribution in [0.5, 0.6) is 0 Å². The predicted octanol–water partition coefficient (Wildman–Crippen LogP) is -1.62. The maximum absolute atomic E-state index is 11.5. The Balaban J connectivity index is 0. The third-order valence-corrected chi connectivity index (χ3v) is 2.61. The molecular formula is C11H20HgN3O6S. The number of nitrogens with two attached hydrogens (primary N) is 1. The molecular weight excluding hydrogens is 503 g/mol. The summed E-state index contributed by atoms with van der Waals surface area (Å²) in [6.45, 7) is -0.567. The zero-order chi connectivity index (χ0) is 17.7. The van der Waals surface area contributed by atoms with Gasteiger partial charge in [0.15, 0.2) is 0 Å². The number of hydrogen-bond acceptors (Lipinski definition) is 6. The van der Waals surface area contributed by atoms with Crippen LogP contribution in [-0.4, -0.2) is 58.3 Å². The van der Waals surface area contributed by atoms with Gasteiger partial charge in [0.05, 0.1) is 0 Å². The number of hydrogen-bond donors (Lipinski definition) is 6. The van der Waals surface area contributed by atoms with Gasteiger partial charge >= 0.3 is 42.5 Å². The molecule has 0 fully saturated rings. The average molecular weight is 523 g/mol. The van der Waals surface area contributed by atoms with E-state index in [1.54, 1.807) is 0 Å². The first kappa shape index (κ1) is 23.4. The maximum atomic E-state index is 11.5. The molecule has 0 saturated heterocycles. The summed E-state index contributed by atoms with van der Waals surface area (Å²) in [7, 11) is 0. The summed E-state index contributed by atoms with van der Waals surface area (Å²) in [4.78, 5) is 43.7. The van der Waals surface area contributed by atoms with E-state index in [2.05, 4.69) is 27.7 Å². The van der Waals surface area contributed by atoms with E-state index in [-0.39, 0.29) is 18.6 Å². The van der Waals surface area contributed by atoms with E-state index >= 15 is 0 Å². The number of amides is 2. The van der Waals surface area contributed by atoms with Gasteiger partial charge in [0, 0.05) is 12.2 Å². The molecule has 0 aromatic heterocycles. The van der Waals surface area contributed by atoms with Crippen molar-refractivity contribution in [1.29, 1.82) is 0 Å². The van der Waals surface area contributed by atoms with Crippen LogP contribution >= 0.6 is 12.6 Å². The number of carboxylic acid groups (broad SMARTS) is 2. The fourth-order valence-electron chi connectivity index (χ4n) is 1.16. The van der Waals surface area contributed by atoms with E-state index in [1.165, 1.54) is 0 Å². The van der Waals surface area contributed by atoms with Gasteiger partial charge in [-0.25, -0.2) is 0 Å². The molecule has 0 radical (unpaired) electrons. The molecule has 0 heterocycles. The van der Waals surface area contributed by atoms with E-state index in [0.29, 0.717) is 0 Å². The molecule has 0 aliphatic carbocycles. The molecule has 0 unspecified atom stereocenters. The first-order chi connectivity index (χ1) is 10.3. The van der Waals surface area contributed by atoms with E-state index < -0.39 is 42.4 Å². The van der Waals surface area contributed by atoms with Crippen LogP contribution in [0.3, 0.4) is 0 Å². The second kappa shape index (κ2) is 13.8. The fourth-order valence-corrected chi connectivity index (χ4v) is 1.41.